The van der Waals surface area contributed by atoms with E-state index in [1.807, 2.05) is 66.7 Å². The molecule has 2 amide bonds. The maximum Gasteiger partial charge on any atom is 0.243 e. The number of amides is 2. The highest BCUT2D eigenvalue weighted by Crippen LogP contribution is 2.22. The highest BCUT2D eigenvalue weighted by molar-refractivity contribution is 7.99. The molecule has 3 aromatic carbocycles. The third kappa shape index (κ3) is 8.11. The molecule has 1 saturated carbocycles. The summed E-state index contributed by atoms with van der Waals surface area (Å²) in [6.07, 6.45) is 4.75. The zero-order valence-electron chi connectivity index (χ0n) is 21.4. The van der Waals surface area contributed by atoms with Crippen LogP contribution in [0.1, 0.15) is 47.9 Å². The number of thioether (sulfide) groups is 1. The fourth-order valence-electron chi connectivity index (χ4n) is 4.81. The lowest BCUT2D eigenvalue weighted by Crippen LogP contribution is -2.52. The molecule has 4 rings (SSSR count). The van der Waals surface area contributed by atoms with Gasteiger partial charge < -0.3 is 10.2 Å². The maximum atomic E-state index is 13.8. The van der Waals surface area contributed by atoms with Gasteiger partial charge in [0.2, 0.25) is 11.8 Å². The number of nitrogens with one attached hydrogen (secondary N) is 1. The standard InChI is InChI=1S/C31H35ClN2O2S/c1-23-9-5-6-12-26(23)21-37-22-30(35)34(20-25-15-17-27(32)18-16-25)29(19-24-10-3-2-4-11-24)31(36)33-28-13-7-8-14-28/h2-6,9-12,15-18,28-29H,7-8,13-14,19-22H2,1H3,(H,33,36). The summed E-state index contributed by atoms with van der Waals surface area (Å²) < 4.78 is 0. The molecule has 194 valence electrons. The number of nitrogens with zero attached hydrogens (tertiary/aromatic N) is 1. The van der Waals surface area contributed by atoms with E-state index in [0.717, 1.165) is 42.6 Å². The molecular weight excluding hydrogens is 500 g/mol. The first-order valence-corrected chi connectivity index (χ1v) is 14.5. The quantitative estimate of drug-likeness (QED) is 0.302. The van der Waals surface area contributed by atoms with Crippen LogP contribution < -0.4 is 5.32 Å². The van der Waals surface area contributed by atoms with Crippen molar-refractivity contribution in [2.75, 3.05) is 5.75 Å². The average Bonchev–Trinajstić information content (AvgIpc) is 3.42. The van der Waals surface area contributed by atoms with Gasteiger partial charge in [-0.05, 0) is 54.2 Å². The number of carbonyl (C=O) groups is 2. The SMILES string of the molecule is Cc1ccccc1CSCC(=O)N(Cc1ccc(Cl)cc1)C(Cc1ccccc1)C(=O)NC1CCCC1. The lowest BCUT2D eigenvalue weighted by molar-refractivity contribution is -0.139. The molecule has 1 fully saturated rings. The molecule has 0 heterocycles. The second kappa shape index (κ2) is 13.7. The van der Waals surface area contributed by atoms with Gasteiger partial charge in [0.25, 0.3) is 0 Å². The van der Waals surface area contributed by atoms with Crippen molar-refractivity contribution in [1.82, 2.24) is 10.2 Å². The van der Waals surface area contributed by atoms with Gasteiger partial charge in [0, 0.05) is 29.8 Å². The van der Waals surface area contributed by atoms with Gasteiger partial charge in [-0.15, -0.1) is 11.8 Å². The van der Waals surface area contributed by atoms with Crippen LogP contribution in [0.2, 0.25) is 5.02 Å². The number of aryl methyl sites for hydroxylation is 1. The number of hydrogen-bond acceptors (Lipinski definition) is 3. The molecule has 1 N–H and O–H groups in total. The first kappa shape index (κ1) is 27.3. The van der Waals surface area contributed by atoms with Crippen LogP contribution in [0.5, 0.6) is 0 Å². The summed E-state index contributed by atoms with van der Waals surface area (Å²) in [5, 5.41) is 3.91. The van der Waals surface area contributed by atoms with Crippen molar-refractivity contribution in [1.29, 1.82) is 0 Å². The van der Waals surface area contributed by atoms with Gasteiger partial charge in [0.1, 0.15) is 6.04 Å². The van der Waals surface area contributed by atoms with E-state index in [0.29, 0.717) is 23.7 Å². The molecule has 1 atom stereocenters. The monoisotopic (exact) mass is 534 g/mol. The summed E-state index contributed by atoms with van der Waals surface area (Å²) in [4.78, 5) is 29.2. The Morgan fingerprint density at radius 1 is 0.946 bits per heavy atom. The van der Waals surface area contributed by atoms with Crippen LogP contribution in [0.15, 0.2) is 78.9 Å². The van der Waals surface area contributed by atoms with Gasteiger partial charge in [-0.25, -0.2) is 0 Å². The molecule has 3 aromatic rings. The molecule has 37 heavy (non-hydrogen) atoms. The van der Waals surface area contributed by atoms with E-state index in [1.54, 1.807) is 16.7 Å². The molecule has 0 saturated heterocycles. The predicted octanol–water partition coefficient (Wildman–Crippen LogP) is 6.58. The lowest BCUT2D eigenvalue weighted by atomic mass is 10.0. The van der Waals surface area contributed by atoms with Crippen molar-refractivity contribution >= 4 is 35.2 Å². The summed E-state index contributed by atoms with van der Waals surface area (Å²) in [6, 6.07) is 25.3. The molecule has 1 aliphatic rings. The second-order valence-corrected chi connectivity index (χ2v) is 11.2. The topological polar surface area (TPSA) is 49.4 Å². The van der Waals surface area contributed by atoms with Crippen LogP contribution in [0.4, 0.5) is 0 Å². The Bertz CT molecular complexity index is 1160. The van der Waals surface area contributed by atoms with Gasteiger partial charge in [-0.2, -0.15) is 0 Å². The highest BCUT2D eigenvalue weighted by Gasteiger charge is 2.32. The van der Waals surface area contributed by atoms with Crippen LogP contribution in [0.3, 0.4) is 0 Å². The van der Waals surface area contributed by atoms with Crippen molar-refractivity contribution in [3.63, 3.8) is 0 Å². The zero-order chi connectivity index (χ0) is 26.0. The number of halogens is 1. The van der Waals surface area contributed by atoms with E-state index >= 15 is 0 Å². The van der Waals surface area contributed by atoms with E-state index in [4.69, 9.17) is 11.6 Å². The molecule has 0 spiro atoms. The molecule has 0 bridgehead atoms. The lowest BCUT2D eigenvalue weighted by Gasteiger charge is -2.32. The van der Waals surface area contributed by atoms with Gasteiger partial charge >= 0.3 is 0 Å². The van der Waals surface area contributed by atoms with E-state index < -0.39 is 6.04 Å². The Morgan fingerprint density at radius 3 is 2.32 bits per heavy atom. The Labute approximate surface area is 229 Å². The molecule has 0 aromatic heterocycles. The minimum absolute atomic E-state index is 0.0314. The van der Waals surface area contributed by atoms with E-state index in [9.17, 15) is 9.59 Å². The second-order valence-electron chi connectivity index (χ2n) is 9.76. The van der Waals surface area contributed by atoms with E-state index in [2.05, 4.69) is 24.4 Å². The van der Waals surface area contributed by atoms with Gasteiger partial charge in [0.05, 0.1) is 5.75 Å². The largest absolute Gasteiger partial charge is 0.352 e. The Kier molecular flexibility index (Phi) is 10.1. The molecule has 1 aliphatic carbocycles. The van der Waals surface area contributed by atoms with Crippen LogP contribution in [-0.2, 0) is 28.3 Å². The van der Waals surface area contributed by atoms with E-state index in [-0.39, 0.29) is 17.9 Å². The average molecular weight is 535 g/mol. The van der Waals surface area contributed by atoms with Gasteiger partial charge in [0.15, 0.2) is 0 Å². The van der Waals surface area contributed by atoms with Crippen molar-refractivity contribution in [2.24, 2.45) is 0 Å². The van der Waals surface area contributed by atoms with Crippen molar-refractivity contribution in [3.05, 3.63) is 106 Å². The van der Waals surface area contributed by atoms with Crippen molar-refractivity contribution in [2.45, 2.75) is 63.4 Å². The Morgan fingerprint density at radius 2 is 1.62 bits per heavy atom. The summed E-state index contributed by atoms with van der Waals surface area (Å²) in [7, 11) is 0. The molecule has 6 heteroatoms. The van der Waals surface area contributed by atoms with E-state index in [1.165, 1.54) is 11.1 Å². The molecule has 0 aliphatic heterocycles. The normalized spacial score (nSPS) is 14.3. The first-order chi connectivity index (χ1) is 18.0. The first-order valence-electron chi connectivity index (χ1n) is 13.0. The van der Waals surface area contributed by atoms with Gasteiger partial charge in [-0.1, -0.05) is 91.2 Å². The van der Waals surface area contributed by atoms with Crippen LogP contribution in [0.25, 0.3) is 0 Å². The number of hydrogen-bond donors (Lipinski definition) is 1. The highest BCUT2D eigenvalue weighted by atomic mass is 35.5. The maximum absolute atomic E-state index is 13.8. The van der Waals surface area contributed by atoms with Crippen molar-refractivity contribution in [3.8, 4) is 0 Å². The molecule has 4 nitrogen and oxygen atoms in total. The van der Waals surface area contributed by atoms with Crippen LogP contribution >= 0.6 is 23.4 Å². The van der Waals surface area contributed by atoms with Crippen molar-refractivity contribution < 1.29 is 9.59 Å². The molecule has 1 unspecified atom stereocenters. The number of carbonyl (C=O) groups excluding carboxylic acids is 2. The summed E-state index contributed by atoms with van der Waals surface area (Å²) in [5.41, 5.74) is 4.44. The minimum Gasteiger partial charge on any atom is -0.352 e. The summed E-state index contributed by atoms with van der Waals surface area (Å²) in [6.45, 7) is 2.45. The number of rotatable bonds is 11. The third-order valence-corrected chi connectivity index (χ3v) is 8.20. The van der Waals surface area contributed by atoms with Crippen LogP contribution in [-0.4, -0.2) is 34.6 Å². The fraction of sp³-hybridized carbons (Fsp3) is 0.355. The van der Waals surface area contributed by atoms with Gasteiger partial charge in [-0.3, -0.25) is 9.59 Å². The molecular formula is C31H35ClN2O2S. The zero-order valence-corrected chi connectivity index (χ0v) is 22.9. The Balaban J connectivity index is 1.56. The number of benzene rings is 3. The predicted molar refractivity (Wildman–Crippen MR) is 154 cm³/mol. The summed E-state index contributed by atoms with van der Waals surface area (Å²) in [5.74, 6) is 0.965. The minimum atomic E-state index is -0.592. The smallest absolute Gasteiger partial charge is 0.243 e. The summed E-state index contributed by atoms with van der Waals surface area (Å²) >= 11 is 7.71. The van der Waals surface area contributed by atoms with Crippen LogP contribution in [0, 0.1) is 6.92 Å². The fourth-order valence-corrected chi connectivity index (χ4v) is 5.92. The Hall–Kier alpha value is -2.76. The third-order valence-electron chi connectivity index (χ3n) is 6.98. The molecule has 0 radical (unpaired) electrons.